The number of rotatable bonds is 10. The summed E-state index contributed by atoms with van der Waals surface area (Å²) in [5.41, 5.74) is 7.41. The number of hydrogen-bond donors (Lipinski definition) is 2. The number of aryl methyl sites for hydroxylation is 3. The zero-order valence-corrected chi connectivity index (χ0v) is 21.1. The minimum absolute atomic E-state index is 0.189. The second-order valence-electron chi connectivity index (χ2n) is 8.24. The van der Waals surface area contributed by atoms with Gasteiger partial charge in [-0.15, -0.1) is 0 Å². The molecule has 0 atom stereocenters. The second kappa shape index (κ2) is 12.7. The molecule has 0 saturated carbocycles. The lowest BCUT2D eigenvalue weighted by atomic mass is 10.1. The monoisotopic (exact) mass is 500 g/mol. The quantitative estimate of drug-likeness (QED) is 0.320. The van der Waals surface area contributed by atoms with Crippen molar-refractivity contribution in [3.8, 4) is 23.3 Å². The van der Waals surface area contributed by atoms with Gasteiger partial charge in [-0.25, -0.2) is 5.43 Å². The molecule has 0 aliphatic rings. The molecule has 2 amide bonds. The molecule has 0 fully saturated rings. The largest absolute Gasteiger partial charge is 0.493 e. The number of benzene rings is 3. The molecule has 0 unspecified atom stereocenters. The Labute approximate surface area is 215 Å². The predicted molar refractivity (Wildman–Crippen MR) is 140 cm³/mol. The number of carbonyl (C=O) groups excluding carboxylic acids is 2. The van der Waals surface area contributed by atoms with E-state index in [0.29, 0.717) is 28.4 Å². The van der Waals surface area contributed by atoms with Gasteiger partial charge >= 0.3 is 0 Å². The van der Waals surface area contributed by atoms with E-state index >= 15 is 0 Å². The van der Waals surface area contributed by atoms with Gasteiger partial charge in [0.2, 0.25) is 0 Å². The van der Waals surface area contributed by atoms with Gasteiger partial charge in [0, 0.05) is 5.69 Å². The van der Waals surface area contributed by atoms with Gasteiger partial charge in [-0.05, 0) is 79.9 Å². The van der Waals surface area contributed by atoms with Crippen LogP contribution in [0.5, 0.6) is 17.2 Å². The van der Waals surface area contributed by atoms with Crippen molar-refractivity contribution < 1.29 is 23.8 Å². The number of carbonyl (C=O) groups is 2. The molecule has 0 heterocycles. The van der Waals surface area contributed by atoms with Crippen molar-refractivity contribution in [3.05, 3.63) is 82.4 Å². The minimum Gasteiger partial charge on any atom is -0.493 e. The summed E-state index contributed by atoms with van der Waals surface area (Å²) < 4.78 is 16.4. The standard InChI is InChI=1S/C28H28N4O5/c1-18-11-19(2)28(20(3)12-18)31-26(33)16-37-24-10-7-22(13-25(24)35-4)15-30-32-27(34)17-36-23-8-5-21(14-29)6-9-23/h5-13,15H,16-17H2,1-4H3,(H,31,33)(H,32,34). The molecule has 0 bridgehead atoms. The molecule has 37 heavy (non-hydrogen) atoms. The maximum absolute atomic E-state index is 12.5. The number of hydrazone groups is 1. The summed E-state index contributed by atoms with van der Waals surface area (Å²) in [5.74, 6) is 0.546. The predicted octanol–water partition coefficient (Wildman–Crippen LogP) is 4.04. The molecule has 0 aromatic heterocycles. The Kier molecular flexibility index (Phi) is 9.22. The van der Waals surface area contributed by atoms with Crippen molar-refractivity contribution in [1.29, 1.82) is 5.26 Å². The lowest BCUT2D eigenvalue weighted by molar-refractivity contribution is -0.123. The smallest absolute Gasteiger partial charge is 0.277 e. The van der Waals surface area contributed by atoms with Crippen molar-refractivity contribution in [2.24, 2.45) is 5.10 Å². The molecule has 2 N–H and O–H groups in total. The van der Waals surface area contributed by atoms with Crippen LogP contribution in [0.3, 0.4) is 0 Å². The highest BCUT2D eigenvalue weighted by Crippen LogP contribution is 2.28. The molecule has 190 valence electrons. The summed E-state index contributed by atoms with van der Waals surface area (Å²) in [6, 6.07) is 17.5. The van der Waals surface area contributed by atoms with E-state index in [1.807, 2.05) is 39.0 Å². The summed E-state index contributed by atoms with van der Waals surface area (Å²) in [5, 5.41) is 15.6. The molecule has 0 radical (unpaired) electrons. The number of methoxy groups -OCH3 is 1. The van der Waals surface area contributed by atoms with Gasteiger partial charge in [-0.3, -0.25) is 9.59 Å². The Bertz CT molecular complexity index is 1320. The zero-order chi connectivity index (χ0) is 26.8. The first kappa shape index (κ1) is 26.8. The van der Waals surface area contributed by atoms with E-state index in [0.717, 1.165) is 22.4 Å². The molecule has 0 saturated heterocycles. The van der Waals surface area contributed by atoms with Crippen LogP contribution in [-0.2, 0) is 9.59 Å². The number of nitrogens with one attached hydrogen (secondary N) is 2. The fourth-order valence-corrected chi connectivity index (χ4v) is 3.57. The first-order chi connectivity index (χ1) is 17.8. The van der Waals surface area contributed by atoms with Crippen LogP contribution in [0.1, 0.15) is 27.8 Å². The van der Waals surface area contributed by atoms with Gasteiger partial charge in [0.15, 0.2) is 24.7 Å². The highest BCUT2D eigenvalue weighted by molar-refractivity contribution is 5.93. The Balaban J connectivity index is 1.51. The van der Waals surface area contributed by atoms with Crippen LogP contribution in [0.25, 0.3) is 0 Å². The Morgan fingerprint density at radius 1 is 0.919 bits per heavy atom. The van der Waals surface area contributed by atoms with Gasteiger partial charge < -0.3 is 19.5 Å². The molecule has 3 aromatic carbocycles. The molecular weight excluding hydrogens is 472 g/mol. The first-order valence-electron chi connectivity index (χ1n) is 11.4. The average Bonchev–Trinajstić information content (AvgIpc) is 2.88. The lowest BCUT2D eigenvalue weighted by Gasteiger charge is -2.14. The van der Waals surface area contributed by atoms with E-state index in [1.54, 1.807) is 42.5 Å². The van der Waals surface area contributed by atoms with E-state index in [-0.39, 0.29) is 19.1 Å². The summed E-state index contributed by atoms with van der Waals surface area (Å²) in [7, 11) is 1.49. The first-order valence-corrected chi connectivity index (χ1v) is 11.4. The van der Waals surface area contributed by atoms with Crippen molar-refractivity contribution in [3.63, 3.8) is 0 Å². The van der Waals surface area contributed by atoms with Crippen LogP contribution in [0, 0.1) is 32.1 Å². The van der Waals surface area contributed by atoms with E-state index in [4.69, 9.17) is 19.5 Å². The minimum atomic E-state index is -0.447. The van der Waals surface area contributed by atoms with Crippen LogP contribution in [0.4, 0.5) is 5.69 Å². The SMILES string of the molecule is COc1cc(C=NNC(=O)COc2ccc(C#N)cc2)ccc1OCC(=O)Nc1c(C)cc(C)cc1C. The number of anilines is 1. The number of hydrogen-bond acceptors (Lipinski definition) is 7. The van der Waals surface area contributed by atoms with Gasteiger partial charge in [-0.1, -0.05) is 17.7 Å². The topological polar surface area (TPSA) is 122 Å². The third kappa shape index (κ3) is 7.83. The van der Waals surface area contributed by atoms with E-state index in [1.165, 1.54) is 13.3 Å². The fraction of sp³-hybridized carbons (Fsp3) is 0.214. The third-order valence-electron chi connectivity index (χ3n) is 5.24. The molecule has 0 aliphatic heterocycles. The van der Waals surface area contributed by atoms with Gasteiger partial charge in [0.1, 0.15) is 5.75 Å². The summed E-state index contributed by atoms with van der Waals surface area (Å²) in [6.45, 7) is 5.49. The van der Waals surface area contributed by atoms with Crippen molar-refractivity contribution >= 4 is 23.7 Å². The lowest BCUT2D eigenvalue weighted by Crippen LogP contribution is -2.24. The summed E-state index contributed by atoms with van der Waals surface area (Å²) in [6.07, 6.45) is 1.45. The Hall–Kier alpha value is -4.84. The van der Waals surface area contributed by atoms with E-state index in [2.05, 4.69) is 15.8 Å². The molecule has 0 aliphatic carbocycles. The van der Waals surface area contributed by atoms with E-state index < -0.39 is 5.91 Å². The Morgan fingerprint density at radius 3 is 2.24 bits per heavy atom. The number of nitrogens with zero attached hydrogens (tertiary/aromatic N) is 2. The van der Waals surface area contributed by atoms with Crippen LogP contribution >= 0.6 is 0 Å². The van der Waals surface area contributed by atoms with Crippen LogP contribution in [0.2, 0.25) is 0 Å². The molecule has 0 spiro atoms. The fourth-order valence-electron chi connectivity index (χ4n) is 3.57. The average molecular weight is 501 g/mol. The van der Waals surface area contributed by atoms with Crippen molar-refractivity contribution in [1.82, 2.24) is 5.43 Å². The van der Waals surface area contributed by atoms with Gasteiger partial charge in [0.25, 0.3) is 11.8 Å². The summed E-state index contributed by atoms with van der Waals surface area (Å²) in [4.78, 5) is 24.4. The molecule has 9 heteroatoms. The molecular formula is C28H28N4O5. The number of nitriles is 1. The molecule has 9 nitrogen and oxygen atoms in total. The van der Waals surface area contributed by atoms with Crippen molar-refractivity contribution in [2.75, 3.05) is 25.6 Å². The molecule has 3 aromatic rings. The second-order valence-corrected chi connectivity index (χ2v) is 8.24. The van der Waals surface area contributed by atoms with Crippen LogP contribution in [0.15, 0.2) is 59.7 Å². The van der Waals surface area contributed by atoms with Crippen molar-refractivity contribution in [2.45, 2.75) is 20.8 Å². The number of amides is 2. The third-order valence-corrected chi connectivity index (χ3v) is 5.24. The normalized spacial score (nSPS) is 10.5. The van der Waals surface area contributed by atoms with Gasteiger partial charge in [-0.2, -0.15) is 10.4 Å². The highest BCUT2D eigenvalue weighted by Gasteiger charge is 2.11. The zero-order valence-electron chi connectivity index (χ0n) is 21.1. The maximum Gasteiger partial charge on any atom is 0.277 e. The van der Waals surface area contributed by atoms with Crippen LogP contribution < -0.4 is 25.0 Å². The maximum atomic E-state index is 12.5. The molecule has 3 rings (SSSR count). The van der Waals surface area contributed by atoms with Crippen LogP contribution in [-0.4, -0.2) is 38.4 Å². The summed E-state index contributed by atoms with van der Waals surface area (Å²) >= 11 is 0. The Morgan fingerprint density at radius 2 is 1.59 bits per heavy atom. The van der Waals surface area contributed by atoms with Gasteiger partial charge in [0.05, 0.1) is 25.0 Å². The highest BCUT2D eigenvalue weighted by atomic mass is 16.5. The number of ether oxygens (including phenoxy) is 3. The van der Waals surface area contributed by atoms with E-state index in [9.17, 15) is 9.59 Å².